The molecule has 2 nitrogen and oxygen atoms in total. The largest absolute Gasteiger partial charge is 0.395 e. The molecule has 1 unspecified atom stereocenters. The van der Waals surface area contributed by atoms with Gasteiger partial charge in [0.1, 0.15) is 5.82 Å². The van der Waals surface area contributed by atoms with Crippen LogP contribution in [0.2, 0.25) is 0 Å². The molecule has 0 heterocycles. The number of aliphatic hydroxyl groups is 1. The second-order valence-electron chi connectivity index (χ2n) is 4.70. The molecular weight excluding hydrogens is 321 g/mol. The van der Waals surface area contributed by atoms with E-state index in [1.165, 1.54) is 11.6 Å². The van der Waals surface area contributed by atoms with Crippen LogP contribution in [0.5, 0.6) is 0 Å². The smallest absolute Gasteiger partial charge is 0.137 e. The minimum absolute atomic E-state index is 0.0379. The second-order valence-corrected chi connectivity index (χ2v) is 5.55. The summed E-state index contributed by atoms with van der Waals surface area (Å²) in [6.45, 7) is 0.580. The summed E-state index contributed by atoms with van der Waals surface area (Å²) in [6.07, 6.45) is 0.746. The molecule has 0 aromatic heterocycles. The van der Waals surface area contributed by atoms with Gasteiger partial charge in [-0.2, -0.15) is 0 Å². The Kier molecular flexibility index (Phi) is 5.71. The average Bonchev–Trinajstić information content (AvgIpc) is 2.48. The molecule has 0 aliphatic carbocycles. The molecule has 0 aliphatic heterocycles. The Balaban J connectivity index is 1.92. The number of hydrogen-bond acceptors (Lipinski definition) is 2. The minimum Gasteiger partial charge on any atom is -0.395 e. The van der Waals surface area contributed by atoms with E-state index in [1.807, 2.05) is 36.4 Å². The molecule has 0 bridgehead atoms. The Morgan fingerprint density at radius 2 is 1.85 bits per heavy atom. The van der Waals surface area contributed by atoms with E-state index in [0.29, 0.717) is 11.0 Å². The summed E-state index contributed by atoms with van der Waals surface area (Å²) in [5, 5.41) is 12.7. The number of halogens is 2. The molecule has 0 fully saturated rings. The van der Waals surface area contributed by atoms with Gasteiger partial charge in [-0.3, -0.25) is 0 Å². The number of nitrogens with one attached hydrogen (secondary N) is 1. The Bertz CT molecular complexity index is 547. The third kappa shape index (κ3) is 4.40. The van der Waals surface area contributed by atoms with Gasteiger partial charge < -0.3 is 10.4 Å². The van der Waals surface area contributed by atoms with Crippen LogP contribution in [0.1, 0.15) is 11.1 Å². The fourth-order valence-corrected chi connectivity index (χ4v) is 2.26. The zero-order valence-electron chi connectivity index (χ0n) is 11.0. The van der Waals surface area contributed by atoms with Crippen LogP contribution >= 0.6 is 15.9 Å². The van der Waals surface area contributed by atoms with Crippen LogP contribution < -0.4 is 5.32 Å². The van der Waals surface area contributed by atoms with Crippen LogP contribution in [0.15, 0.2) is 53.0 Å². The summed E-state index contributed by atoms with van der Waals surface area (Å²) in [5.74, 6) is -0.270. The lowest BCUT2D eigenvalue weighted by molar-refractivity contribution is 0.241. The molecule has 0 saturated carbocycles. The molecule has 20 heavy (non-hydrogen) atoms. The standard InChI is InChI=1S/C16H17BrFNO/c17-15-7-6-13(9-16(15)18)10-19-14(11-20)8-12-4-2-1-3-5-12/h1-7,9,14,19-20H,8,10-11H2. The van der Waals surface area contributed by atoms with Crippen molar-refractivity contribution in [1.29, 1.82) is 0 Å². The lowest BCUT2D eigenvalue weighted by Crippen LogP contribution is -2.34. The average molecular weight is 338 g/mol. The fraction of sp³-hybridized carbons (Fsp3) is 0.250. The van der Waals surface area contributed by atoms with Crippen molar-refractivity contribution in [2.75, 3.05) is 6.61 Å². The highest BCUT2D eigenvalue weighted by molar-refractivity contribution is 9.10. The monoisotopic (exact) mass is 337 g/mol. The third-order valence-corrected chi connectivity index (χ3v) is 3.77. The Hall–Kier alpha value is -1.23. The Morgan fingerprint density at radius 1 is 1.10 bits per heavy atom. The summed E-state index contributed by atoms with van der Waals surface area (Å²) in [4.78, 5) is 0. The highest BCUT2D eigenvalue weighted by Gasteiger charge is 2.08. The number of aliphatic hydroxyl groups excluding tert-OH is 1. The minimum atomic E-state index is -0.270. The molecule has 106 valence electrons. The molecule has 0 radical (unpaired) electrons. The van der Waals surface area contributed by atoms with Crippen molar-refractivity contribution in [3.05, 3.63) is 69.9 Å². The van der Waals surface area contributed by atoms with Gasteiger partial charge in [0, 0.05) is 12.6 Å². The normalized spacial score (nSPS) is 12.3. The summed E-state index contributed by atoms with van der Waals surface area (Å²) in [5.41, 5.74) is 2.03. The molecule has 1 atom stereocenters. The van der Waals surface area contributed by atoms with Crippen molar-refractivity contribution in [2.45, 2.75) is 19.0 Å². The van der Waals surface area contributed by atoms with Crippen LogP contribution in [0, 0.1) is 5.82 Å². The quantitative estimate of drug-likeness (QED) is 0.847. The number of hydrogen-bond donors (Lipinski definition) is 2. The first kappa shape index (κ1) is 15.2. The topological polar surface area (TPSA) is 32.3 Å². The lowest BCUT2D eigenvalue weighted by Gasteiger charge is -2.16. The highest BCUT2D eigenvalue weighted by Crippen LogP contribution is 2.16. The Morgan fingerprint density at radius 3 is 2.50 bits per heavy atom. The SMILES string of the molecule is OCC(Cc1ccccc1)NCc1ccc(Br)c(F)c1. The molecule has 2 aromatic rings. The maximum Gasteiger partial charge on any atom is 0.137 e. The molecule has 2 rings (SSSR count). The Labute approximate surface area is 126 Å². The zero-order valence-corrected chi connectivity index (χ0v) is 12.6. The van der Waals surface area contributed by atoms with Gasteiger partial charge in [0.05, 0.1) is 11.1 Å². The van der Waals surface area contributed by atoms with Gasteiger partial charge >= 0.3 is 0 Å². The first-order chi connectivity index (χ1) is 9.69. The van der Waals surface area contributed by atoms with Gasteiger partial charge in [-0.15, -0.1) is 0 Å². The summed E-state index contributed by atoms with van der Waals surface area (Å²) < 4.78 is 13.9. The van der Waals surface area contributed by atoms with Gasteiger partial charge in [0.25, 0.3) is 0 Å². The predicted octanol–water partition coefficient (Wildman–Crippen LogP) is 3.28. The molecule has 0 spiro atoms. The van der Waals surface area contributed by atoms with Gasteiger partial charge in [-0.05, 0) is 45.6 Å². The van der Waals surface area contributed by atoms with Crippen molar-refractivity contribution < 1.29 is 9.50 Å². The van der Waals surface area contributed by atoms with Crippen molar-refractivity contribution >= 4 is 15.9 Å². The van der Waals surface area contributed by atoms with E-state index in [4.69, 9.17) is 0 Å². The van der Waals surface area contributed by atoms with E-state index in [0.717, 1.165) is 12.0 Å². The number of benzene rings is 2. The van der Waals surface area contributed by atoms with Crippen LogP contribution in [0.3, 0.4) is 0 Å². The first-order valence-electron chi connectivity index (χ1n) is 6.51. The summed E-state index contributed by atoms with van der Waals surface area (Å²) >= 11 is 3.13. The maximum atomic E-state index is 13.4. The van der Waals surface area contributed by atoms with Crippen LogP contribution in [0.25, 0.3) is 0 Å². The predicted molar refractivity (Wildman–Crippen MR) is 82.0 cm³/mol. The van der Waals surface area contributed by atoms with E-state index in [-0.39, 0.29) is 18.5 Å². The van der Waals surface area contributed by atoms with Crippen LogP contribution in [-0.2, 0) is 13.0 Å². The maximum absolute atomic E-state index is 13.4. The van der Waals surface area contributed by atoms with E-state index >= 15 is 0 Å². The zero-order chi connectivity index (χ0) is 14.4. The van der Waals surface area contributed by atoms with Gasteiger partial charge in [0.15, 0.2) is 0 Å². The number of rotatable bonds is 6. The first-order valence-corrected chi connectivity index (χ1v) is 7.30. The summed E-state index contributed by atoms with van der Waals surface area (Å²) in [7, 11) is 0. The molecule has 2 N–H and O–H groups in total. The second kappa shape index (κ2) is 7.53. The molecule has 0 amide bonds. The van der Waals surface area contributed by atoms with Crippen molar-refractivity contribution in [2.24, 2.45) is 0 Å². The molecular formula is C16H17BrFNO. The fourth-order valence-electron chi connectivity index (χ4n) is 2.01. The lowest BCUT2D eigenvalue weighted by atomic mass is 10.1. The summed E-state index contributed by atoms with van der Waals surface area (Å²) in [6, 6.07) is 15.0. The van der Waals surface area contributed by atoms with Crippen molar-refractivity contribution in [3.8, 4) is 0 Å². The molecule has 0 aliphatic rings. The molecule has 0 saturated heterocycles. The van der Waals surface area contributed by atoms with E-state index < -0.39 is 0 Å². The van der Waals surface area contributed by atoms with E-state index in [1.54, 1.807) is 6.07 Å². The van der Waals surface area contributed by atoms with E-state index in [2.05, 4.69) is 21.2 Å². The van der Waals surface area contributed by atoms with Gasteiger partial charge in [-0.25, -0.2) is 4.39 Å². The van der Waals surface area contributed by atoms with Crippen LogP contribution in [0.4, 0.5) is 4.39 Å². The van der Waals surface area contributed by atoms with Gasteiger partial charge in [0.2, 0.25) is 0 Å². The van der Waals surface area contributed by atoms with E-state index in [9.17, 15) is 9.50 Å². The van der Waals surface area contributed by atoms with Gasteiger partial charge in [-0.1, -0.05) is 36.4 Å². The third-order valence-electron chi connectivity index (χ3n) is 3.12. The van der Waals surface area contributed by atoms with Crippen LogP contribution in [-0.4, -0.2) is 17.8 Å². The van der Waals surface area contributed by atoms with Crippen molar-refractivity contribution in [1.82, 2.24) is 5.32 Å². The molecule has 4 heteroatoms. The van der Waals surface area contributed by atoms with Crippen molar-refractivity contribution in [3.63, 3.8) is 0 Å². The highest BCUT2D eigenvalue weighted by atomic mass is 79.9. The molecule has 2 aromatic carbocycles.